The molecule has 3 aromatic heterocycles. The molecule has 0 radical (unpaired) electrons. The lowest BCUT2D eigenvalue weighted by molar-refractivity contribution is -0.141. The van der Waals surface area contributed by atoms with Crippen LogP contribution < -0.4 is 5.32 Å². The number of aryl methyl sites for hydroxylation is 1. The Hall–Kier alpha value is -3.62. The van der Waals surface area contributed by atoms with Crippen molar-refractivity contribution in [3.05, 3.63) is 42.2 Å². The number of nitrogens with one attached hydrogen (secondary N) is 1. The van der Waals surface area contributed by atoms with Gasteiger partial charge in [0, 0.05) is 17.1 Å². The topological polar surface area (TPSA) is 119 Å². The number of fused-ring (bicyclic) bond motifs is 2. The Morgan fingerprint density at radius 3 is 2.90 bits per heavy atom. The van der Waals surface area contributed by atoms with Crippen LogP contribution in [0, 0.1) is 12.8 Å². The van der Waals surface area contributed by atoms with E-state index in [9.17, 15) is 9.90 Å². The van der Waals surface area contributed by atoms with Crippen molar-refractivity contribution in [2.24, 2.45) is 5.92 Å². The first-order valence-corrected chi connectivity index (χ1v) is 9.52. The Balaban J connectivity index is 1.47. The molecule has 0 aliphatic heterocycles. The zero-order valence-electron chi connectivity index (χ0n) is 15.8. The third-order valence-corrected chi connectivity index (χ3v) is 5.36. The molecule has 2 N–H and O–H groups in total. The summed E-state index contributed by atoms with van der Waals surface area (Å²) in [5.41, 5.74) is 3.91. The summed E-state index contributed by atoms with van der Waals surface area (Å²) in [4.78, 5) is 24.6. The van der Waals surface area contributed by atoms with Crippen LogP contribution in [-0.4, -0.2) is 47.1 Å². The normalized spacial score (nSPS) is 19.1. The number of nitrogens with zero attached hydrogens (tertiary/aromatic N) is 6. The quantitative estimate of drug-likeness (QED) is 0.547. The minimum Gasteiger partial charge on any atom is -0.481 e. The van der Waals surface area contributed by atoms with Crippen LogP contribution in [0.4, 0.5) is 5.95 Å². The maximum Gasteiger partial charge on any atom is 0.306 e. The van der Waals surface area contributed by atoms with E-state index in [4.69, 9.17) is 0 Å². The van der Waals surface area contributed by atoms with Gasteiger partial charge < -0.3 is 10.4 Å². The molecule has 2 atom stereocenters. The zero-order valence-corrected chi connectivity index (χ0v) is 15.8. The van der Waals surface area contributed by atoms with Crippen LogP contribution in [0.3, 0.4) is 0 Å². The summed E-state index contributed by atoms with van der Waals surface area (Å²) in [6.07, 6.45) is 3.65. The molecule has 9 heteroatoms. The van der Waals surface area contributed by atoms with Crippen molar-refractivity contribution < 1.29 is 9.90 Å². The molecule has 1 fully saturated rings. The zero-order chi connectivity index (χ0) is 20.0. The molecule has 29 heavy (non-hydrogen) atoms. The van der Waals surface area contributed by atoms with Crippen molar-refractivity contribution in [3.63, 3.8) is 0 Å². The van der Waals surface area contributed by atoms with Gasteiger partial charge in [0.15, 0.2) is 11.2 Å². The molecule has 0 spiro atoms. The number of pyridine rings is 1. The lowest BCUT2D eigenvalue weighted by Crippen LogP contribution is -2.19. The predicted molar refractivity (Wildman–Crippen MR) is 107 cm³/mol. The van der Waals surface area contributed by atoms with Gasteiger partial charge >= 0.3 is 5.97 Å². The lowest BCUT2D eigenvalue weighted by atomic mass is 10.1. The number of aliphatic carboxylic acids is 1. The first kappa shape index (κ1) is 17.5. The van der Waals surface area contributed by atoms with Crippen molar-refractivity contribution in [2.45, 2.75) is 32.2 Å². The first-order valence-electron chi connectivity index (χ1n) is 9.52. The summed E-state index contributed by atoms with van der Waals surface area (Å²) >= 11 is 0. The van der Waals surface area contributed by atoms with Gasteiger partial charge in [-0.25, -0.2) is 4.98 Å². The molecule has 4 aromatic rings. The van der Waals surface area contributed by atoms with Crippen LogP contribution >= 0.6 is 0 Å². The third kappa shape index (κ3) is 3.24. The van der Waals surface area contributed by atoms with E-state index >= 15 is 0 Å². The van der Waals surface area contributed by atoms with Crippen LogP contribution in [0.25, 0.3) is 27.8 Å². The third-order valence-electron chi connectivity index (χ3n) is 5.36. The van der Waals surface area contributed by atoms with Gasteiger partial charge in [0.05, 0.1) is 23.3 Å². The molecular formula is C20H19N7O2. The number of carboxylic acids is 1. The van der Waals surface area contributed by atoms with Crippen LogP contribution in [-0.2, 0) is 4.79 Å². The van der Waals surface area contributed by atoms with E-state index in [2.05, 4.69) is 30.6 Å². The number of benzene rings is 1. The average Bonchev–Trinajstić information content (AvgIpc) is 3.34. The van der Waals surface area contributed by atoms with Crippen molar-refractivity contribution >= 4 is 34.0 Å². The number of carbonyl (C=O) groups is 1. The van der Waals surface area contributed by atoms with E-state index in [0.29, 0.717) is 30.0 Å². The Morgan fingerprint density at radius 1 is 1.17 bits per heavy atom. The van der Waals surface area contributed by atoms with E-state index in [-0.39, 0.29) is 12.0 Å². The maximum atomic E-state index is 11.2. The van der Waals surface area contributed by atoms with Crippen molar-refractivity contribution in [3.8, 4) is 5.69 Å². The van der Waals surface area contributed by atoms with Crippen LogP contribution in [0.1, 0.15) is 25.0 Å². The fourth-order valence-corrected chi connectivity index (χ4v) is 3.84. The molecule has 0 unspecified atom stereocenters. The highest BCUT2D eigenvalue weighted by molar-refractivity contribution is 5.82. The highest BCUT2D eigenvalue weighted by Gasteiger charge is 2.30. The van der Waals surface area contributed by atoms with E-state index in [0.717, 1.165) is 28.7 Å². The molecule has 1 saturated carbocycles. The minimum absolute atomic E-state index is 0.0489. The second kappa shape index (κ2) is 6.77. The Bertz CT molecular complexity index is 1240. The molecule has 0 saturated heterocycles. The van der Waals surface area contributed by atoms with Crippen LogP contribution in [0.5, 0.6) is 0 Å². The molecular weight excluding hydrogens is 370 g/mol. The van der Waals surface area contributed by atoms with Crippen LogP contribution in [0.2, 0.25) is 0 Å². The van der Waals surface area contributed by atoms with Gasteiger partial charge in [-0.1, -0.05) is 11.3 Å². The number of aromatic nitrogens is 6. The van der Waals surface area contributed by atoms with Gasteiger partial charge in [0.25, 0.3) is 0 Å². The number of carboxylic acid groups (broad SMARTS) is 1. The number of anilines is 1. The van der Waals surface area contributed by atoms with Crippen molar-refractivity contribution in [2.75, 3.05) is 5.32 Å². The van der Waals surface area contributed by atoms with E-state index < -0.39 is 5.97 Å². The summed E-state index contributed by atoms with van der Waals surface area (Å²) in [6.45, 7) is 1.97. The van der Waals surface area contributed by atoms with Gasteiger partial charge in [-0.15, -0.1) is 5.10 Å². The van der Waals surface area contributed by atoms with Gasteiger partial charge in [-0.05, 0) is 50.5 Å². The standard InChI is InChI=1S/C20H19N7O2/c1-11-2-3-12-9-15(6-7-16(12)22-11)27-18-17(25-26-27)10-21-20(24-18)23-14-5-4-13(8-14)19(28)29/h2-3,6-7,9-10,13-14H,4-5,8H2,1H3,(H,28,29)(H,21,23,24)/t13-,14-/m1/s1. The minimum atomic E-state index is -0.742. The van der Waals surface area contributed by atoms with Crippen molar-refractivity contribution in [1.29, 1.82) is 0 Å². The smallest absolute Gasteiger partial charge is 0.306 e. The number of hydrogen-bond donors (Lipinski definition) is 2. The van der Waals surface area contributed by atoms with Gasteiger partial charge in [0.1, 0.15) is 0 Å². The summed E-state index contributed by atoms with van der Waals surface area (Å²) in [5.74, 6) is -0.595. The fraction of sp³-hybridized carbons (Fsp3) is 0.300. The molecule has 0 bridgehead atoms. The van der Waals surface area contributed by atoms with Crippen LogP contribution in [0.15, 0.2) is 36.5 Å². The highest BCUT2D eigenvalue weighted by Crippen LogP contribution is 2.28. The molecule has 3 heterocycles. The molecule has 146 valence electrons. The summed E-state index contributed by atoms with van der Waals surface area (Å²) in [5, 5.41) is 21.8. The lowest BCUT2D eigenvalue weighted by Gasteiger charge is -2.12. The Labute approximate surface area is 165 Å². The second-order valence-corrected chi connectivity index (χ2v) is 7.42. The Morgan fingerprint density at radius 2 is 2.07 bits per heavy atom. The average molecular weight is 389 g/mol. The fourth-order valence-electron chi connectivity index (χ4n) is 3.84. The SMILES string of the molecule is Cc1ccc2cc(-n3nnc4cnc(N[C@@H]5CC[C@@H](C(=O)O)C5)nc43)ccc2n1. The monoisotopic (exact) mass is 389 g/mol. The van der Waals surface area contributed by atoms with E-state index in [1.807, 2.05) is 37.3 Å². The molecule has 1 aliphatic rings. The predicted octanol–water partition coefficient (Wildman–Crippen LogP) is 2.73. The summed E-state index contributed by atoms with van der Waals surface area (Å²) in [7, 11) is 0. The summed E-state index contributed by atoms with van der Waals surface area (Å²) < 4.78 is 1.68. The van der Waals surface area contributed by atoms with Gasteiger partial charge in [-0.3, -0.25) is 9.78 Å². The first-order chi connectivity index (χ1) is 14.1. The van der Waals surface area contributed by atoms with E-state index in [1.54, 1.807) is 10.9 Å². The van der Waals surface area contributed by atoms with Crippen molar-refractivity contribution in [1.82, 2.24) is 29.9 Å². The molecule has 5 rings (SSSR count). The second-order valence-electron chi connectivity index (χ2n) is 7.42. The number of hydrogen-bond acceptors (Lipinski definition) is 7. The van der Waals surface area contributed by atoms with Gasteiger partial charge in [-0.2, -0.15) is 9.67 Å². The molecule has 0 amide bonds. The highest BCUT2D eigenvalue weighted by atomic mass is 16.4. The molecule has 9 nitrogen and oxygen atoms in total. The molecule has 1 aromatic carbocycles. The number of rotatable bonds is 4. The largest absolute Gasteiger partial charge is 0.481 e. The summed E-state index contributed by atoms with van der Waals surface area (Å²) in [6, 6.07) is 9.94. The maximum absolute atomic E-state index is 11.2. The molecule has 1 aliphatic carbocycles. The Kier molecular flexibility index (Phi) is 4.08. The van der Waals surface area contributed by atoms with Gasteiger partial charge in [0.2, 0.25) is 5.95 Å². The van der Waals surface area contributed by atoms with E-state index in [1.165, 1.54) is 0 Å².